The highest BCUT2D eigenvalue weighted by molar-refractivity contribution is 6.36. The Morgan fingerprint density at radius 2 is 1.27 bits per heavy atom. The van der Waals surface area contributed by atoms with E-state index in [1.54, 1.807) is 30.3 Å². The van der Waals surface area contributed by atoms with Gasteiger partial charge in [-0.25, -0.2) is 4.90 Å². The second-order valence-electron chi connectivity index (χ2n) is 9.70. The lowest BCUT2D eigenvalue weighted by atomic mass is 9.47. The van der Waals surface area contributed by atoms with Crippen molar-refractivity contribution in [3.05, 3.63) is 129 Å². The van der Waals surface area contributed by atoms with Gasteiger partial charge in [0.25, 0.3) is 0 Å². The number of aliphatic imine (C=N–C) groups is 1. The number of nitrogens with zero attached hydrogens (tertiary/aromatic N) is 2. The molecule has 4 aromatic carbocycles. The Morgan fingerprint density at radius 3 is 1.92 bits per heavy atom. The number of hydrogen-bond donors (Lipinski definition) is 0. The Hall–Kier alpha value is -3.73. The van der Waals surface area contributed by atoms with E-state index >= 15 is 0 Å². The number of carbonyl (C=O) groups is 2. The molecule has 0 unspecified atom stereocenters. The van der Waals surface area contributed by atoms with Crippen LogP contribution in [-0.4, -0.2) is 18.0 Å². The highest BCUT2D eigenvalue weighted by atomic mass is 35.5. The summed E-state index contributed by atoms with van der Waals surface area (Å²) in [5, 5.41) is 0.883. The predicted octanol–water partition coefficient (Wildman–Crippen LogP) is 6.95. The van der Waals surface area contributed by atoms with Crippen LogP contribution in [0.3, 0.4) is 0 Å². The molecule has 4 nitrogen and oxygen atoms in total. The van der Waals surface area contributed by atoms with Gasteiger partial charge in [-0.15, -0.1) is 0 Å². The Labute approximate surface area is 224 Å². The zero-order chi connectivity index (χ0) is 25.3. The smallest absolute Gasteiger partial charge is 0.239 e. The van der Waals surface area contributed by atoms with Crippen molar-refractivity contribution < 1.29 is 9.59 Å². The summed E-state index contributed by atoms with van der Waals surface area (Å²) in [7, 11) is 0. The van der Waals surface area contributed by atoms with Crippen molar-refractivity contribution in [3.63, 3.8) is 0 Å². The molecule has 37 heavy (non-hydrogen) atoms. The highest BCUT2D eigenvalue weighted by Crippen LogP contribution is 2.64. The number of imide groups is 1. The first-order valence-corrected chi connectivity index (χ1v) is 12.9. The van der Waals surface area contributed by atoms with Crippen LogP contribution in [0.1, 0.15) is 28.2 Å². The van der Waals surface area contributed by atoms with Crippen LogP contribution in [0.2, 0.25) is 10.0 Å². The van der Waals surface area contributed by atoms with E-state index in [1.165, 1.54) is 4.90 Å². The van der Waals surface area contributed by atoms with Crippen LogP contribution >= 0.6 is 23.2 Å². The van der Waals surface area contributed by atoms with Gasteiger partial charge in [0.1, 0.15) is 0 Å². The molecule has 0 radical (unpaired) electrons. The van der Waals surface area contributed by atoms with Gasteiger partial charge in [-0.3, -0.25) is 14.6 Å². The molecule has 1 aliphatic heterocycles. The van der Waals surface area contributed by atoms with Crippen LogP contribution < -0.4 is 4.90 Å². The van der Waals surface area contributed by atoms with E-state index in [0.717, 1.165) is 22.3 Å². The lowest BCUT2D eigenvalue weighted by Crippen LogP contribution is -2.54. The molecule has 0 saturated carbocycles. The zero-order valence-corrected chi connectivity index (χ0v) is 21.0. The molecule has 4 aliphatic rings. The Morgan fingerprint density at radius 1 is 0.703 bits per heavy atom. The van der Waals surface area contributed by atoms with E-state index in [9.17, 15) is 9.59 Å². The van der Waals surface area contributed by atoms with Crippen molar-refractivity contribution in [1.29, 1.82) is 0 Å². The monoisotopic (exact) mass is 522 g/mol. The van der Waals surface area contributed by atoms with E-state index in [0.29, 0.717) is 21.4 Å². The topological polar surface area (TPSA) is 49.7 Å². The number of benzene rings is 4. The molecule has 1 heterocycles. The highest BCUT2D eigenvalue weighted by Gasteiger charge is 2.68. The third kappa shape index (κ3) is 2.94. The summed E-state index contributed by atoms with van der Waals surface area (Å²) < 4.78 is 0. The van der Waals surface area contributed by atoms with E-state index in [4.69, 9.17) is 28.2 Å². The summed E-state index contributed by atoms with van der Waals surface area (Å²) in [5.41, 5.74) is 4.17. The molecule has 1 saturated heterocycles. The predicted molar refractivity (Wildman–Crippen MR) is 146 cm³/mol. The molecule has 1 fully saturated rings. The van der Waals surface area contributed by atoms with Crippen molar-refractivity contribution in [2.75, 3.05) is 4.90 Å². The Kier molecular flexibility index (Phi) is 4.94. The number of hydrogen-bond acceptors (Lipinski definition) is 3. The van der Waals surface area contributed by atoms with Crippen molar-refractivity contribution in [3.8, 4) is 0 Å². The van der Waals surface area contributed by atoms with Gasteiger partial charge in [0, 0.05) is 12.1 Å². The number of carbonyl (C=O) groups excluding carboxylic acids is 2. The third-order valence-electron chi connectivity index (χ3n) is 8.04. The van der Waals surface area contributed by atoms with Gasteiger partial charge in [0.2, 0.25) is 11.8 Å². The minimum atomic E-state index is -0.950. The first-order chi connectivity index (χ1) is 18.0. The molecule has 3 aliphatic carbocycles. The van der Waals surface area contributed by atoms with Gasteiger partial charge < -0.3 is 0 Å². The van der Waals surface area contributed by atoms with Gasteiger partial charge >= 0.3 is 0 Å². The lowest BCUT2D eigenvalue weighted by molar-refractivity contribution is -0.122. The number of para-hydroxylation sites is 2. The third-order valence-corrected chi connectivity index (χ3v) is 8.68. The zero-order valence-electron chi connectivity index (χ0n) is 19.5. The summed E-state index contributed by atoms with van der Waals surface area (Å²) >= 11 is 13.0. The molecule has 0 spiro atoms. The maximum atomic E-state index is 14.4. The van der Waals surface area contributed by atoms with E-state index < -0.39 is 17.3 Å². The van der Waals surface area contributed by atoms with E-state index in [-0.39, 0.29) is 17.7 Å². The van der Waals surface area contributed by atoms with Crippen LogP contribution in [-0.2, 0) is 15.0 Å². The van der Waals surface area contributed by atoms with Crippen LogP contribution in [0.25, 0.3) is 0 Å². The summed E-state index contributed by atoms with van der Waals surface area (Å²) in [6.07, 6.45) is 1.85. The molecule has 2 atom stereocenters. The van der Waals surface area contributed by atoms with Crippen molar-refractivity contribution in [2.24, 2.45) is 16.8 Å². The van der Waals surface area contributed by atoms with Crippen LogP contribution in [0.4, 0.5) is 11.4 Å². The van der Waals surface area contributed by atoms with E-state index in [1.807, 2.05) is 48.7 Å². The molecule has 0 aromatic heterocycles. The maximum absolute atomic E-state index is 14.4. The van der Waals surface area contributed by atoms with Crippen molar-refractivity contribution in [2.45, 2.75) is 11.3 Å². The molecule has 180 valence electrons. The molecule has 0 N–H and O–H groups in total. The summed E-state index contributed by atoms with van der Waals surface area (Å²) in [5.74, 6) is -1.98. The average Bonchev–Trinajstić information content (AvgIpc) is 3.19. The summed E-state index contributed by atoms with van der Waals surface area (Å²) in [4.78, 5) is 34.7. The largest absolute Gasteiger partial charge is 0.274 e. The quantitative estimate of drug-likeness (QED) is 0.216. The molecular weight excluding hydrogens is 503 g/mol. The Bertz CT molecular complexity index is 1600. The average molecular weight is 523 g/mol. The molecule has 4 aromatic rings. The normalized spacial score (nSPS) is 25.4. The van der Waals surface area contributed by atoms with Gasteiger partial charge in [0.15, 0.2) is 0 Å². The maximum Gasteiger partial charge on any atom is 0.239 e. The molecular formula is C31H20Cl2N2O2. The fraction of sp³-hybridized carbons (Fsp3) is 0.129. The fourth-order valence-corrected chi connectivity index (χ4v) is 7.05. The molecule has 8 rings (SSSR count). The van der Waals surface area contributed by atoms with Crippen LogP contribution in [0.5, 0.6) is 0 Å². The van der Waals surface area contributed by atoms with Gasteiger partial charge in [-0.1, -0.05) is 96.0 Å². The summed E-state index contributed by atoms with van der Waals surface area (Å²) in [6.45, 7) is 0. The minimum Gasteiger partial charge on any atom is -0.274 e. The molecule has 2 bridgehead atoms. The standard InChI is InChI=1S/C31H20Cl2N2O2/c32-22-13-5-7-15-24(22)34-17-31-20-11-3-1-9-18(20)26(19-10-2-4-12-21(19)31)27-28(31)30(37)35(29(27)36)25-16-8-6-14-23(25)33/h1-17,26-28H/t26?,27-,28+,31?/m1/s1. The number of amides is 2. The SMILES string of the molecule is O=C1[C@@H]2C3c4ccccc4C(C=Nc4ccccc4Cl)(c4ccccc43)[C@@H]2C(=O)N1c1ccccc1Cl. The minimum absolute atomic E-state index is 0.229. The van der Waals surface area contributed by atoms with Crippen LogP contribution in [0, 0.1) is 11.8 Å². The number of rotatable bonds is 3. The number of anilines is 1. The second kappa shape index (κ2) is 8.14. The van der Waals surface area contributed by atoms with Gasteiger partial charge in [-0.2, -0.15) is 0 Å². The molecule has 6 heteroatoms. The van der Waals surface area contributed by atoms with E-state index in [2.05, 4.69) is 24.3 Å². The summed E-state index contributed by atoms with van der Waals surface area (Å²) in [6, 6.07) is 30.6. The first kappa shape index (κ1) is 22.5. The van der Waals surface area contributed by atoms with Crippen molar-refractivity contribution in [1.82, 2.24) is 0 Å². The molecule has 2 amide bonds. The Balaban J connectivity index is 1.53. The van der Waals surface area contributed by atoms with Gasteiger partial charge in [0.05, 0.1) is 38.7 Å². The first-order valence-electron chi connectivity index (χ1n) is 12.1. The fourth-order valence-electron chi connectivity index (χ4n) is 6.65. The van der Waals surface area contributed by atoms with Crippen molar-refractivity contribution >= 4 is 52.6 Å². The second-order valence-corrected chi connectivity index (χ2v) is 10.5. The lowest BCUT2D eigenvalue weighted by Gasteiger charge is -2.52. The van der Waals surface area contributed by atoms with Crippen LogP contribution in [0.15, 0.2) is 102 Å². The van der Waals surface area contributed by atoms with Gasteiger partial charge in [-0.05, 0) is 46.5 Å². The number of halogens is 2.